The predicted octanol–water partition coefficient (Wildman–Crippen LogP) is 5.96. The van der Waals surface area contributed by atoms with Crippen LogP contribution in [0.15, 0.2) is 78.0 Å². The molecule has 0 spiro atoms. The van der Waals surface area contributed by atoms with Gasteiger partial charge in [-0.15, -0.1) is 10.2 Å². The summed E-state index contributed by atoms with van der Waals surface area (Å²) in [6.07, 6.45) is 0. The number of rotatable bonds is 6. The molecule has 7 heteroatoms. The molecule has 1 aromatic heterocycles. The van der Waals surface area contributed by atoms with Gasteiger partial charge in [-0.1, -0.05) is 65.8 Å². The smallest absolute Gasteiger partial charge is 0.237 e. The van der Waals surface area contributed by atoms with E-state index in [4.69, 9.17) is 11.6 Å². The summed E-state index contributed by atoms with van der Waals surface area (Å²) in [6.45, 7) is 4.10. The van der Waals surface area contributed by atoms with Crippen molar-refractivity contribution >= 4 is 35.0 Å². The van der Waals surface area contributed by atoms with Gasteiger partial charge in [0.15, 0.2) is 11.0 Å². The van der Waals surface area contributed by atoms with Gasteiger partial charge in [0, 0.05) is 18.3 Å². The van der Waals surface area contributed by atoms with E-state index >= 15 is 0 Å². The van der Waals surface area contributed by atoms with Crippen molar-refractivity contribution in [2.45, 2.75) is 19.0 Å². The van der Waals surface area contributed by atoms with Crippen molar-refractivity contribution in [3.05, 3.63) is 88.9 Å². The normalized spacial score (nSPS) is 10.9. The standard InChI is InChI=1S/C25H23ClN4OS/c1-17-13-14-18(2)22(15-17)30-24(20-11-7-8-12-21(20)26)27-28-25(30)32-16-23(31)29(3)19-9-5-4-6-10-19/h4-15H,16H2,1-3H3. The molecular formula is C25H23ClN4OS. The van der Waals surface area contributed by atoms with Crippen LogP contribution in [0.4, 0.5) is 5.69 Å². The number of aromatic nitrogens is 3. The van der Waals surface area contributed by atoms with E-state index in [-0.39, 0.29) is 11.7 Å². The third-order valence-corrected chi connectivity index (χ3v) is 6.44. The van der Waals surface area contributed by atoms with Crippen LogP contribution < -0.4 is 4.90 Å². The number of hydrogen-bond donors (Lipinski definition) is 0. The maximum absolute atomic E-state index is 12.8. The summed E-state index contributed by atoms with van der Waals surface area (Å²) < 4.78 is 1.99. The highest BCUT2D eigenvalue weighted by Gasteiger charge is 2.21. The summed E-state index contributed by atoms with van der Waals surface area (Å²) in [5.41, 5.74) is 4.82. The molecule has 0 aliphatic heterocycles. The summed E-state index contributed by atoms with van der Waals surface area (Å²) in [4.78, 5) is 14.5. The zero-order valence-electron chi connectivity index (χ0n) is 18.1. The number of halogens is 1. The van der Waals surface area contributed by atoms with Crippen molar-refractivity contribution < 1.29 is 4.79 Å². The lowest BCUT2D eigenvalue weighted by atomic mass is 10.1. The molecule has 0 N–H and O–H groups in total. The Morgan fingerprint density at radius 2 is 1.72 bits per heavy atom. The zero-order chi connectivity index (χ0) is 22.7. The lowest BCUT2D eigenvalue weighted by Gasteiger charge is -2.17. The first-order chi connectivity index (χ1) is 15.5. The van der Waals surface area contributed by atoms with Gasteiger partial charge >= 0.3 is 0 Å². The Morgan fingerprint density at radius 1 is 1.00 bits per heavy atom. The van der Waals surface area contributed by atoms with E-state index in [1.165, 1.54) is 11.8 Å². The van der Waals surface area contributed by atoms with Gasteiger partial charge in [0.1, 0.15) is 0 Å². The fraction of sp³-hybridized carbons (Fsp3) is 0.160. The second-order valence-electron chi connectivity index (χ2n) is 7.49. The van der Waals surface area contributed by atoms with Crippen LogP contribution in [0.25, 0.3) is 17.1 Å². The summed E-state index contributed by atoms with van der Waals surface area (Å²) >= 11 is 7.85. The van der Waals surface area contributed by atoms with Gasteiger partial charge in [-0.25, -0.2) is 0 Å². The Balaban J connectivity index is 1.70. The summed E-state index contributed by atoms with van der Waals surface area (Å²) in [6, 6.07) is 23.4. The minimum Gasteiger partial charge on any atom is -0.315 e. The van der Waals surface area contributed by atoms with Crippen molar-refractivity contribution in [3.8, 4) is 17.1 Å². The van der Waals surface area contributed by atoms with Crippen molar-refractivity contribution in [1.29, 1.82) is 0 Å². The fourth-order valence-electron chi connectivity index (χ4n) is 3.38. The van der Waals surface area contributed by atoms with Crippen LogP contribution in [0.5, 0.6) is 0 Å². The number of aryl methyl sites for hydroxylation is 2. The molecule has 0 saturated heterocycles. The van der Waals surface area contributed by atoms with Crippen LogP contribution in [-0.4, -0.2) is 33.5 Å². The van der Waals surface area contributed by atoms with Crippen molar-refractivity contribution in [1.82, 2.24) is 14.8 Å². The molecule has 0 bridgehead atoms. The Hall–Kier alpha value is -3.09. The number of anilines is 1. The number of thioether (sulfide) groups is 1. The van der Waals surface area contributed by atoms with Gasteiger partial charge in [-0.3, -0.25) is 9.36 Å². The van der Waals surface area contributed by atoms with Crippen molar-refractivity contribution in [2.24, 2.45) is 0 Å². The fourth-order valence-corrected chi connectivity index (χ4v) is 4.46. The molecule has 3 aromatic carbocycles. The molecule has 0 atom stereocenters. The Bertz CT molecular complexity index is 1260. The first-order valence-corrected chi connectivity index (χ1v) is 11.5. The topological polar surface area (TPSA) is 51.0 Å². The van der Waals surface area contributed by atoms with Crippen LogP contribution in [0.2, 0.25) is 5.02 Å². The Labute approximate surface area is 197 Å². The molecule has 0 radical (unpaired) electrons. The largest absolute Gasteiger partial charge is 0.315 e. The van der Waals surface area contributed by atoms with Gasteiger partial charge in [0.25, 0.3) is 0 Å². The van der Waals surface area contributed by atoms with Crippen molar-refractivity contribution in [2.75, 3.05) is 17.7 Å². The van der Waals surface area contributed by atoms with Gasteiger partial charge < -0.3 is 4.90 Å². The molecule has 1 heterocycles. The highest BCUT2D eigenvalue weighted by atomic mass is 35.5. The highest BCUT2D eigenvalue weighted by Crippen LogP contribution is 2.33. The molecule has 32 heavy (non-hydrogen) atoms. The number of carbonyl (C=O) groups excluding carboxylic acids is 1. The summed E-state index contributed by atoms with van der Waals surface area (Å²) in [5, 5.41) is 10.1. The zero-order valence-corrected chi connectivity index (χ0v) is 19.7. The third kappa shape index (κ3) is 4.56. The monoisotopic (exact) mass is 462 g/mol. The molecule has 162 valence electrons. The molecule has 4 rings (SSSR count). The van der Waals surface area contributed by atoms with Gasteiger partial charge in [0.05, 0.1) is 16.5 Å². The first kappa shape index (κ1) is 22.1. The summed E-state index contributed by atoms with van der Waals surface area (Å²) in [5.74, 6) is 0.864. The number of nitrogens with zero attached hydrogens (tertiary/aromatic N) is 4. The molecule has 0 unspecified atom stereocenters. The van der Waals surface area contributed by atoms with E-state index in [2.05, 4.69) is 28.4 Å². The number of benzene rings is 3. The van der Waals surface area contributed by atoms with Gasteiger partial charge in [-0.2, -0.15) is 0 Å². The van der Waals surface area contributed by atoms with E-state index in [1.54, 1.807) is 11.9 Å². The minimum atomic E-state index is -0.0176. The van der Waals surface area contributed by atoms with Crippen molar-refractivity contribution in [3.63, 3.8) is 0 Å². The van der Waals surface area contributed by atoms with Crippen LogP contribution in [-0.2, 0) is 4.79 Å². The van der Waals surface area contributed by atoms with Crippen LogP contribution in [0.1, 0.15) is 11.1 Å². The molecule has 0 saturated carbocycles. The number of para-hydroxylation sites is 1. The molecule has 1 amide bonds. The quantitative estimate of drug-likeness (QED) is 0.332. The van der Waals surface area contributed by atoms with E-state index in [0.717, 1.165) is 28.1 Å². The van der Waals surface area contributed by atoms with E-state index < -0.39 is 0 Å². The Kier molecular flexibility index (Phi) is 6.63. The van der Waals surface area contributed by atoms with E-state index in [1.807, 2.05) is 73.0 Å². The van der Waals surface area contributed by atoms with Crippen LogP contribution >= 0.6 is 23.4 Å². The molecule has 0 aliphatic rings. The third-order valence-electron chi connectivity index (χ3n) is 5.20. The molecule has 0 fully saturated rings. The molecule has 0 aliphatic carbocycles. The average Bonchev–Trinajstić information content (AvgIpc) is 3.22. The average molecular weight is 463 g/mol. The van der Waals surface area contributed by atoms with Crippen LogP contribution in [0.3, 0.4) is 0 Å². The van der Waals surface area contributed by atoms with Gasteiger partial charge in [0.2, 0.25) is 5.91 Å². The molecular weight excluding hydrogens is 440 g/mol. The van der Waals surface area contributed by atoms with E-state index in [0.29, 0.717) is 16.0 Å². The molecule has 4 aromatic rings. The number of carbonyl (C=O) groups is 1. The second kappa shape index (κ2) is 9.59. The highest BCUT2D eigenvalue weighted by molar-refractivity contribution is 7.99. The minimum absolute atomic E-state index is 0.0176. The lowest BCUT2D eigenvalue weighted by Crippen LogP contribution is -2.27. The predicted molar refractivity (Wildman–Crippen MR) is 132 cm³/mol. The lowest BCUT2D eigenvalue weighted by molar-refractivity contribution is -0.115. The van der Waals surface area contributed by atoms with Gasteiger partial charge in [-0.05, 0) is 55.3 Å². The van der Waals surface area contributed by atoms with Crippen LogP contribution in [0, 0.1) is 13.8 Å². The maximum atomic E-state index is 12.8. The molecule has 5 nitrogen and oxygen atoms in total. The SMILES string of the molecule is Cc1ccc(C)c(-n2c(SCC(=O)N(C)c3ccccc3)nnc2-c2ccccc2Cl)c1. The van der Waals surface area contributed by atoms with E-state index in [9.17, 15) is 4.79 Å². The maximum Gasteiger partial charge on any atom is 0.237 e. The summed E-state index contributed by atoms with van der Waals surface area (Å²) in [7, 11) is 1.78. The second-order valence-corrected chi connectivity index (χ2v) is 8.84. The first-order valence-electron chi connectivity index (χ1n) is 10.2. The number of amides is 1. The Morgan fingerprint density at radius 3 is 2.47 bits per heavy atom. The number of hydrogen-bond acceptors (Lipinski definition) is 4.